The minimum atomic E-state index is -0.251. The number of aryl methyl sites for hydroxylation is 2. The molecule has 0 saturated carbocycles. The van der Waals surface area contributed by atoms with Crippen molar-refractivity contribution in [3.05, 3.63) is 71.3 Å². The second kappa shape index (κ2) is 6.53. The first-order chi connectivity index (χ1) is 10.0. The third kappa shape index (κ3) is 3.30. The highest BCUT2D eigenvalue weighted by atomic mass is 19.1. The molecule has 1 aromatic carbocycles. The zero-order chi connectivity index (χ0) is 15.4. The maximum Gasteiger partial charge on any atom is 0.179 e. The molecule has 3 heteroatoms. The number of benzene rings is 1. The fraction of sp³-hybridized carbons (Fsp3) is 0.278. The molecule has 0 amide bonds. The van der Waals surface area contributed by atoms with E-state index in [0.717, 1.165) is 11.3 Å². The molecule has 2 aromatic rings. The Morgan fingerprint density at radius 1 is 1.33 bits per heavy atom. The van der Waals surface area contributed by atoms with Crippen LogP contribution in [-0.2, 0) is 13.0 Å². The quantitative estimate of drug-likeness (QED) is 0.574. The van der Waals surface area contributed by atoms with Crippen molar-refractivity contribution in [2.45, 2.75) is 33.2 Å². The van der Waals surface area contributed by atoms with Crippen molar-refractivity contribution in [3.63, 3.8) is 0 Å². The molecular formula is C18H20FNO. The number of aromatic nitrogens is 1. The largest absolute Gasteiger partial charge is 0.338 e. The van der Waals surface area contributed by atoms with E-state index in [1.54, 1.807) is 24.3 Å². The van der Waals surface area contributed by atoms with Crippen molar-refractivity contribution in [3.8, 4) is 0 Å². The number of allylic oxidation sites excluding steroid dienone is 1. The van der Waals surface area contributed by atoms with E-state index >= 15 is 0 Å². The number of Topliss-reactive ketones (excluding diaryl/α,β-unsaturated/α-hetero) is 1. The van der Waals surface area contributed by atoms with Crippen LogP contribution in [0.1, 0.15) is 33.7 Å². The smallest absolute Gasteiger partial charge is 0.179 e. The van der Waals surface area contributed by atoms with E-state index in [2.05, 4.69) is 6.58 Å². The number of ketones is 1. The summed E-state index contributed by atoms with van der Waals surface area (Å²) in [6, 6.07) is 8.50. The molecule has 110 valence electrons. The number of carbonyl (C=O) groups excluding carboxylic acids is 1. The minimum absolute atomic E-state index is 0.0382. The Bertz CT molecular complexity index is 670. The van der Waals surface area contributed by atoms with E-state index < -0.39 is 0 Å². The molecule has 0 N–H and O–H groups in total. The Morgan fingerprint density at radius 2 is 2.05 bits per heavy atom. The average Bonchev–Trinajstić information content (AvgIpc) is 2.75. The van der Waals surface area contributed by atoms with Gasteiger partial charge in [0, 0.05) is 18.7 Å². The Labute approximate surface area is 124 Å². The van der Waals surface area contributed by atoms with Gasteiger partial charge in [0.25, 0.3) is 0 Å². The molecule has 1 heterocycles. The first-order valence-electron chi connectivity index (χ1n) is 7.08. The maximum absolute atomic E-state index is 13.6. The standard InChI is InChI=1S/C18H20FNO/c1-4-11-20-14(3)13(2)12-17(20)18(21)10-9-15-7-5-6-8-16(15)19/h4-8,12H,1,9-11H2,2-3H3. The number of carbonyl (C=O) groups is 1. The summed E-state index contributed by atoms with van der Waals surface area (Å²) in [5, 5.41) is 0. The molecule has 0 spiro atoms. The van der Waals surface area contributed by atoms with Crippen LogP contribution < -0.4 is 0 Å². The molecular weight excluding hydrogens is 265 g/mol. The van der Waals surface area contributed by atoms with E-state index in [1.807, 2.05) is 24.5 Å². The number of hydrogen-bond acceptors (Lipinski definition) is 1. The van der Waals surface area contributed by atoms with Crippen LogP contribution in [0.5, 0.6) is 0 Å². The summed E-state index contributed by atoms with van der Waals surface area (Å²) in [6.45, 7) is 8.32. The zero-order valence-corrected chi connectivity index (χ0v) is 12.5. The molecule has 1 aromatic heterocycles. The zero-order valence-electron chi connectivity index (χ0n) is 12.5. The van der Waals surface area contributed by atoms with E-state index in [0.29, 0.717) is 30.6 Å². The molecule has 0 aliphatic carbocycles. The van der Waals surface area contributed by atoms with Gasteiger partial charge in [0.2, 0.25) is 0 Å². The lowest BCUT2D eigenvalue weighted by atomic mass is 10.1. The van der Waals surface area contributed by atoms with E-state index in [9.17, 15) is 9.18 Å². The van der Waals surface area contributed by atoms with Crippen LogP contribution in [0, 0.1) is 19.7 Å². The SMILES string of the molecule is C=CCn1c(C(=O)CCc2ccccc2F)cc(C)c1C. The van der Waals surface area contributed by atoms with Crippen molar-refractivity contribution in [2.75, 3.05) is 0 Å². The fourth-order valence-corrected chi connectivity index (χ4v) is 2.45. The summed E-state index contributed by atoms with van der Waals surface area (Å²) in [6.07, 6.45) is 2.50. The molecule has 0 saturated heterocycles. The molecule has 0 atom stereocenters. The second-order valence-corrected chi connectivity index (χ2v) is 5.21. The van der Waals surface area contributed by atoms with Gasteiger partial charge in [-0.25, -0.2) is 4.39 Å². The topological polar surface area (TPSA) is 22.0 Å². The summed E-state index contributed by atoms with van der Waals surface area (Å²) in [4.78, 5) is 12.4. The number of halogens is 1. The molecule has 0 aliphatic heterocycles. The number of nitrogens with zero attached hydrogens (tertiary/aromatic N) is 1. The Hall–Kier alpha value is -2.16. The van der Waals surface area contributed by atoms with Gasteiger partial charge in [0.15, 0.2) is 5.78 Å². The highest BCUT2D eigenvalue weighted by Crippen LogP contribution is 2.18. The minimum Gasteiger partial charge on any atom is -0.338 e. The van der Waals surface area contributed by atoms with Crippen LogP contribution in [0.25, 0.3) is 0 Å². The summed E-state index contributed by atoms with van der Waals surface area (Å²) >= 11 is 0. The van der Waals surface area contributed by atoms with E-state index in [4.69, 9.17) is 0 Å². The van der Waals surface area contributed by atoms with Crippen LogP contribution in [-0.4, -0.2) is 10.4 Å². The first-order valence-corrected chi connectivity index (χ1v) is 7.08. The summed E-state index contributed by atoms with van der Waals surface area (Å²) < 4.78 is 15.5. The van der Waals surface area contributed by atoms with Crippen LogP contribution in [0.3, 0.4) is 0 Å². The van der Waals surface area contributed by atoms with Crippen LogP contribution in [0.2, 0.25) is 0 Å². The summed E-state index contributed by atoms with van der Waals surface area (Å²) in [5.41, 5.74) is 3.43. The molecule has 0 fully saturated rings. The van der Waals surface area contributed by atoms with Gasteiger partial charge >= 0.3 is 0 Å². The van der Waals surface area contributed by atoms with Gasteiger partial charge in [-0.3, -0.25) is 4.79 Å². The van der Waals surface area contributed by atoms with Crippen LogP contribution in [0.4, 0.5) is 4.39 Å². The monoisotopic (exact) mass is 285 g/mol. The van der Waals surface area contributed by atoms with Gasteiger partial charge in [-0.15, -0.1) is 6.58 Å². The molecule has 0 aliphatic rings. The predicted octanol–water partition coefficient (Wildman–Crippen LogP) is 4.25. The van der Waals surface area contributed by atoms with Gasteiger partial charge in [0.05, 0.1) is 5.69 Å². The molecule has 2 nitrogen and oxygen atoms in total. The molecule has 0 radical (unpaired) electrons. The maximum atomic E-state index is 13.6. The molecule has 0 bridgehead atoms. The van der Waals surface area contributed by atoms with Gasteiger partial charge in [0.1, 0.15) is 5.82 Å². The highest BCUT2D eigenvalue weighted by molar-refractivity contribution is 5.95. The molecule has 2 rings (SSSR count). The number of hydrogen-bond donors (Lipinski definition) is 0. The number of rotatable bonds is 6. The van der Waals surface area contributed by atoms with Gasteiger partial charge in [-0.1, -0.05) is 24.3 Å². The summed E-state index contributed by atoms with van der Waals surface area (Å²) in [7, 11) is 0. The Kier molecular flexibility index (Phi) is 4.73. The Balaban J connectivity index is 2.16. The van der Waals surface area contributed by atoms with Crippen LogP contribution >= 0.6 is 0 Å². The van der Waals surface area contributed by atoms with Crippen molar-refractivity contribution in [1.29, 1.82) is 0 Å². The first kappa shape index (κ1) is 15.2. The van der Waals surface area contributed by atoms with Gasteiger partial charge < -0.3 is 4.57 Å². The predicted molar refractivity (Wildman–Crippen MR) is 83.2 cm³/mol. The fourth-order valence-electron chi connectivity index (χ4n) is 2.45. The average molecular weight is 285 g/mol. The van der Waals surface area contributed by atoms with E-state index in [1.165, 1.54) is 6.07 Å². The highest BCUT2D eigenvalue weighted by Gasteiger charge is 2.15. The lowest BCUT2D eigenvalue weighted by Gasteiger charge is -2.09. The lowest BCUT2D eigenvalue weighted by Crippen LogP contribution is -2.10. The molecule has 21 heavy (non-hydrogen) atoms. The summed E-state index contributed by atoms with van der Waals surface area (Å²) in [5.74, 6) is -0.213. The van der Waals surface area contributed by atoms with Crippen molar-refractivity contribution in [1.82, 2.24) is 4.57 Å². The lowest BCUT2D eigenvalue weighted by molar-refractivity contribution is 0.0974. The van der Waals surface area contributed by atoms with Crippen molar-refractivity contribution < 1.29 is 9.18 Å². The molecule has 0 unspecified atom stereocenters. The van der Waals surface area contributed by atoms with Crippen LogP contribution in [0.15, 0.2) is 43.0 Å². The van der Waals surface area contributed by atoms with Gasteiger partial charge in [-0.05, 0) is 43.5 Å². The van der Waals surface area contributed by atoms with Gasteiger partial charge in [-0.2, -0.15) is 0 Å². The third-order valence-electron chi connectivity index (χ3n) is 3.80. The normalized spacial score (nSPS) is 10.6. The van der Waals surface area contributed by atoms with Crippen molar-refractivity contribution in [2.24, 2.45) is 0 Å². The van der Waals surface area contributed by atoms with Crippen molar-refractivity contribution >= 4 is 5.78 Å². The second-order valence-electron chi connectivity index (χ2n) is 5.21. The van der Waals surface area contributed by atoms with E-state index in [-0.39, 0.29) is 11.6 Å². The third-order valence-corrected chi connectivity index (χ3v) is 3.80. The Morgan fingerprint density at radius 3 is 2.71 bits per heavy atom.